The van der Waals surface area contributed by atoms with E-state index in [0.29, 0.717) is 43.4 Å². The summed E-state index contributed by atoms with van der Waals surface area (Å²) in [5.41, 5.74) is 0.510. The smallest absolute Gasteiger partial charge is 0.274 e. The average Bonchev–Trinajstić information content (AvgIpc) is 2.75. The van der Waals surface area contributed by atoms with E-state index in [2.05, 4.69) is 15.1 Å². The van der Waals surface area contributed by atoms with Crippen molar-refractivity contribution in [3.05, 3.63) is 76.9 Å². The molecule has 8 nitrogen and oxygen atoms in total. The highest BCUT2D eigenvalue weighted by atomic mass is 19.1. The summed E-state index contributed by atoms with van der Waals surface area (Å²) in [5.74, 6) is 0.0874. The molecule has 1 aliphatic heterocycles. The topological polar surface area (TPSA) is 84.2 Å². The van der Waals surface area contributed by atoms with E-state index in [-0.39, 0.29) is 17.3 Å². The van der Waals surface area contributed by atoms with Crippen molar-refractivity contribution in [2.75, 3.05) is 31.1 Å². The second-order valence-corrected chi connectivity index (χ2v) is 6.29. The van der Waals surface area contributed by atoms with Crippen LogP contribution in [0.5, 0.6) is 0 Å². The van der Waals surface area contributed by atoms with Crippen molar-refractivity contribution in [1.82, 2.24) is 24.6 Å². The van der Waals surface area contributed by atoms with Gasteiger partial charge in [-0.05, 0) is 30.3 Å². The first-order valence-electron chi connectivity index (χ1n) is 8.78. The zero-order valence-corrected chi connectivity index (χ0v) is 14.9. The predicted molar refractivity (Wildman–Crippen MR) is 99.9 cm³/mol. The van der Waals surface area contributed by atoms with Crippen molar-refractivity contribution in [3.8, 4) is 5.69 Å². The SMILES string of the molecule is O=C(c1cnccn1)N1CCN(c2ccc(=O)n(-c3ccc(F)cc3)n2)CC1. The summed E-state index contributed by atoms with van der Waals surface area (Å²) in [4.78, 5) is 36.3. The van der Waals surface area contributed by atoms with Crippen molar-refractivity contribution in [2.45, 2.75) is 0 Å². The number of rotatable bonds is 3. The molecule has 0 spiro atoms. The van der Waals surface area contributed by atoms with Crippen LogP contribution in [0.2, 0.25) is 0 Å². The minimum absolute atomic E-state index is 0.156. The fourth-order valence-corrected chi connectivity index (χ4v) is 3.05. The van der Waals surface area contributed by atoms with Crippen LogP contribution in [-0.2, 0) is 0 Å². The van der Waals surface area contributed by atoms with Gasteiger partial charge in [-0.15, -0.1) is 5.10 Å². The number of nitrogens with zero attached hydrogens (tertiary/aromatic N) is 6. The Bertz CT molecular complexity index is 1030. The molecular formula is C19H17FN6O2. The number of amides is 1. The first-order valence-corrected chi connectivity index (χ1v) is 8.78. The summed E-state index contributed by atoms with van der Waals surface area (Å²) in [6.07, 6.45) is 4.47. The van der Waals surface area contributed by atoms with Crippen LogP contribution in [0.25, 0.3) is 5.69 Å². The third kappa shape index (κ3) is 3.59. The van der Waals surface area contributed by atoms with Gasteiger partial charge < -0.3 is 9.80 Å². The van der Waals surface area contributed by atoms with Crippen molar-refractivity contribution in [1.29, 1.82) is 0 Å². The second kappa shape index (κ2) is 7.55. The summed E-state index contributed by atoms with van der Waals surface area (Å²) in [6.45, 7) is 2.15. The Labute approximate surface area is 159 Å². The van der Waals surface area contributed by atoms with E-state index in [0.717, 1.165) is 0 Å². The number of halogens is 1. The highest BCUT2D eigenvalue weighted by molar-refractivity contribution is 5.92. The van der Waals surface area contributed by atoms with Crippen molar-refractivity contribution < 1.29 is 9.18 Å². The summed E-state index contributed by atoms with van der Waals surface area (Å²) in [5, 5.41) is 4.41. The summed E-state index contributed by atoms with van der Waals surface area (Å²) >= 11 is 0. The number of carbonyl (C=O) groups is 1. The van der Waals surface area contributed by atoms with Crippen LogP contribution < -0.4 is 10.5 Å². The van der Waals surface area contributed by atoms with Gasteiger partial charge in [-0.3, -0.25) is 14.6 Å². The van der Waals surface area contributed by atoms with Crippen LogP contribution in [0, 0.1) is 5.82 Å². The van der Waals surface area contributed by atoms with Crippen molar-refractivity contribution in [3.63, 3.8) is 0 Å². The van der Waals surface area contributed by atoms with Gasteiger partial charge in [-0.25, -0.2) is 9.37 Å². The molecular weight excluding hydrogens is 363 g/mol. The molecule has 1 aromatic carbocycles. The zero-order chi connectivity index (χ0) is 19.5. The maximum Gasteiger partial charge on any atom is 0.274 e. The number of hydrogen-bond acceptors (Lipinski definition) is 6. The molecule has 0 unspecified atom stereocenters. The Hall–Kier alpha value is -3.62. The maximum absolute atomic E-state index is 13.1. The number of aromatic nitrogens is 4. The average molecular weight is 380 g/mol. The lowest BCUT2D eigenvalue weighted by Gasteiger charge is -2.35. The minimum atomic E-state index is -0.378. The lowest BCUT2D eigenvalue weighted by molar-refractivity contribution is 0.0740. The number of piperazine rings is 1. The largest absolute Gasteiger partial charge is 0.352 e. The second-order valence-electron chi connectivity index (χ2n) is 6.29. The molecule has 1 saturated heterocycles. The monoisotopic (exact) mass is 380 g/mol. The Morgan fingerprint density at radius 2 is 1.71 bits per heavy atom. The van der Waals surface area contributed by atoms with Crippen LogP contribution in [-0.4, -0.2) is 56.7 Å². The van der Waals surface area contributed by atoms with Gasteiger partial charge in [0.1, 0.15) is 17.3 Å². The molecule has 3 aromatic rings. The van der Waals surface area contributed by atoms with Gasteiger partial charge in [-0.2, -0.15) is 4.68 Å². The van der Waals surface area contributed by atoms with Gasteiger partial charge in [0, 0.05) is 44.6 Å². The number of anilines is 1. The number of benzene rings is 1. The molecule has 0 N–H and O–H groups in total. The van der Waals surface area contributed by atoms with Crippen LogP contribution in [0.3, 0.4) is 0 Å². The lowest BCUT2D eigenvalue weighted by Crippen LogP contribution is -2.49. The third-order valence-electron chi connectivity index (χ3n) is 4.53. The van der Waals surface area contributed by atoms with Crippen molar-refractivity contribution in [2.24, 2.45) is 0 Å². The van der Waals surface area contributed by atoms with Crippen LogP contribution in [0.1, 0.15) is 10.5 Å². The van der Waals surface area contributed by atoms with E-state index < -0.39 is 0 Å². The number of hydrogen-bond donors (Lipinski definition) is 0. The molecule has 0 radical (unpaired) electrons. The van der Waals surface area contributed by atoms with Gasteiger partial charge in [0.15, 0.2) is 0 Å². The van der Waals surface area contributed by atoms with Crippen LogP contribution in [0.15, 0.2) is 59.8 Å². The summed E-state index contributed by atoms with van der Waals surface area (Å²) in [7, 11) is 0. The molecule has 0 aliphatic carbocycles. The highest BCUT2D eigenvalue weighted by Crippen LogP contribution is 2.15. The van der Waals surface area contributed by atoms with E-state index in [1.54, 1.807) is 11.0 Å². The minimum Gasteiger partial charge on any atom is -0.352 e. The first-order chi connectivity index (χ1) is 13.6. The maximum atomic E-state index is 13.1. The van der Waals surface area contributed by atoms with Gasteiger partial charge in [0.2, 0.25) is 0 Å². The fraction of sp³-hybridized carbons (Fsp3) is 0.211. The highest BCUT2D eigenvalue weighted by Gasteiger charge is 2.24. The molecule has 3 heterocycles. The fourth-order valence-electron chi connectivity index (χ4n) is 3.05. The van der Waals surface area contributed by atoms with E-state index in [4.69, 9.17) is 0 Å². The van der Waals surface area contributed by atoms with Gasteiger partial charge in [-0.1, -0.05) is 0 Å². The molecule has 0 saturated carbocycles. The molecule has 1 fully saturated rings. The quantitative estimate of drug-likeness (QED) is 0.677. The van der Waals surface area contributed by atoms with Gasteiger partial charge in [0.05, 0.1) is 11.9 Å². The standard InChI is InChI=1S/C19H17FN6O2/c20-14-1-3-15(4-2-14)26-18(27)6-5-17(23-26)24-9-11-25(12-10-24)19(28)16-13-21-7-8-22-16/h1-8,13H,9-12H2. The summed E-state index contributed by atoms with van der Waals surface area (Å²) < 4.78 is 14.4. The first kappa shape index (κ1) is 17.8. The molecule has 9 heteroatoms. The van der Waals surface area contributed by atoms with E-state index in [1.807, 2.05) is 4.90 Å². The predicted octanol–water partition coefficient (Wildman–Crippen LogP) is 1.12. The van der Waals surface area contributed by atoms with Crippen LogP contribution >= 0.6 is 0 Å². The Balaban J connectivity index is 1.49. The molecule has 0 atom stereocenters. The van der Waals surface area contributed by atoms with Gasteiger partial charge in [0.25, 0.3) is 11.5 Å². The molecule has 1 amide bonds. The molecule has 142 valence electrons. The molecule has 0 bridgehead atoms. The van der Waals surface area contributed by atoms with Gasteiger partial charge >= 0.3 is 0 Å². The van der Waals surface area contributed by atoms with Crippen LogP contribution in [0.4, 0.5) is 10.2 Å². The Kier molecular flexibility index (Phi) is 4.79. The zero-order valence-electron chi connectivity index (χ0n) is 14.9. The molecule has 4 rings (SSSR count). The van der Waals surface area contributed by atoms with Crippen molar-refractivity contribution >= 4 is 11.7 Å². The third-order valence-corrected chi connectivity index (χ3v) is 4.53. The molecule has 2 aromatic heterocycles. The lowest BCUT2D eigenvalue weighted by atomic mass is 10.2. The number of carbonyl (C=O) groups excluding carboxylic acids is 1. The van der Waals surface area contributed by atoms with E-state index in [1.165, 1.54) is 53.6 Å². The summed E-state index contributed by atoms with van der Waals surface area (Å²) in [6, 6.07) is 8.67. The Morgan fingerprint density at radius 1 is 0.964 bits per heavy atom. The normalized spacial score (nSPS) is 14.2. The van der Waals surface area contributed by atoms with E-state index in [9.17, 15) is 14.0 Å². The van der Waals surface area contributed by atoms with E-state index >= 15 is 0 Å². The molecule has 1 aliphatic rings. The molecule has 28 heavy (non-hydrogen) atoms. The Morgan fingerprint density at radius 3 is 2.39 bits per heavy atom.